The van der Waals surface area contributed by atoms with Gasteiger partial charge in [0.2, 0.25) is 5.91 Å². The summed E-state index contributed by atoms with van der Waals surface area (Å²) in [5, 5.41) is 7.11. The number of rotatable bonds is 4. The van der Waals surface area contributed by atoms with Crippen molar-refractivity contribution in [1.29, 1.82) is 0 Å². The number of nitrogens with one attached hydrogen (secondary N) is 1. The fourth-order valence-corrected chi connectivity index (χ4v) is 2.74. The molecular weight excluding hydrogens is 309 g/mol. The van der Waals surface area contributed by atoms with Gasteiger partial charge in [0.05, 0.1) is 17.6 Å². The minimum atomic E-state index is -0.881. The Hall–Kier alpha value is -1.52. The van der Waals surface area contributed by atoms with Gasteiger partial charge in [0, 0.05) is 12.4 Å². The van der Waals surface area contributed by atoms with Gasteiger partial charge in [0.25, 0.3) is 0 Å². The molecule has 1 heterocycles. The quantitative estimate of drug-likeness (QED) is 0.878. The van der Waals surface area contributed by atoms with Gasteiger partial charge in [0.15, 0.2) is 0 Å². The lowest BCUT2D eigenvalue weighted by molar-refractivity contribution is -0.123. The van der Waals surface area contributed by atoms with Gasteiger partial charge in [-0.1, -0.05) is 12.1 Å². The molecule has 0 spiro atoms. The first-order valence-corrected chi connectivity index (χ1v) is 7.51. The minimum absolute atomic E-state index is 0.0890. The van der Waals surface area contributed by atoms with Gasteiger partial charge in [0.1, 0.15) is 4.33 Å². The summed E-state index contributed by atoms with van der Waals surface area (Å²) in [5.74, 6) is -0.393. The van der Waals surface area contributed by atoms with Crippen molar-refractivity contribution in [2.45, 2.75) is 23.7 Å². The van der Waals surface area contributed by atoms with E-state index in [0.717, 1.165) is 11.3 Å². The molecule has 110 valence electrons. The zero-order valence-electron chi connectivity index (χ0n) is 11.5. The van der Waals surface area contributed by atoms with Crippen LogP contribution >= 0.6 is 23.2 Å². The van der Waals surface area contributed by atoms with Gasteiger partial charge in [-0.3, -0.25) is 4.79 Å². The Kier molecular flexibility index (Phi) is 3.68. The number of carbonyl (C=O) groups is 1. The fraction of sp³-hybridized carbons (Fsp3) is 0.333. The van der Waals surface area contributed by atoms with Crippen molar-refractivity contribution in [1.82, 2.24) is 15.1 Å². The molecule has 1 amide bonds. The van der Waals surface area contributed by atoms with Gasteiger partial charge in [-0.15, -0.1) is 23.2 Å². The molecule has 2 atom stereocenters. The molecule has 21 heavy (non-hydrogen) atoms. The summed E-state index contributed by atoms with van der Waals surface area (Å²) in [5.41, 5.74) is 2.00. The number of aromatic nitrogens is 2. The van der Waals surface area contributed by atoms with E-state index in [1.165, 1.54) is 0 Å². The van der Waals surface area contributed by atoms with Crippen molar-refractivity contribution in [3.63, 3.8) is 0 Å². The summed E-state index contributed by atoms with van der Waals surface area (Å²) in [4.78, 5) is 12.0. The van der Waals surface area contributed by atoms with Crippen LogP contribution in [0.3, 0.4) is 0 Å². The zero-order chi connectivity index (χ0) is 15.0. The third kappa shape index (κ3) is 3.06. The van der Waals surface area contributed by atoms with Gasteiger partial charge >= 0.3 is 0 Å². The topological polar surface area (TPSA) is 46.9 Å². The maximum atomic E-state index is 12.0. The molecule has 2 unspecified atom stereocenters. The number of halogens is 2. The SMILES string of the molecule is CC(NC(=O)C1CC1(Cl)Cl)c1ccc(-n2cccn2)cc1. The Morgan fingerprint density at radius 1 is 1.43 bits per heavy atom. The van der Waals surface area contributed by atoms with Crippen LogP contribution in [-0.4, -0.2) is 20.0 Å². The normalized spacial score (nSPS) is 20.8. The Bertz CT molecular complexity index is 637. The van der Waals surface area contributed by atoms with Gasteiger partial charge < -0.3 is 5.32 Å². The van der Waals surface area contributed by atoms with Crippen LogP contribution in [-0.2, 0) is 4.79 Å². The van der Waals surface area contributed by atoms with E-state index < -0.39 is 4.33 Å². The van der Waals surface area contributed by atoms with Crippen molar-refractivity contribution in [3.8, 4) is 5.69 Å². The highest BCUT2D eigenvalue weighted by Gasteiger charge is 2.56. The van der Waals surface area contributed by atoms with Crippen molar-refractivity contribution in [3.05, 3.63) is 48.3 Å². The lowest BCUT2D eigenvalue weighted by Gasteiger charge is -2.15. The first kappa shape index (κ1) is 14.4. The van der Waals surface area contributed by atoms with Crippen molar-refractivity contribution < 1.29 is 4.79 Å². The minimum Gasteiger partial charge on any atom is -0.349 e. The zero-order valence-corrected chi connectivity index (χ0v) is 13.0. The molecule has 1 aliphatic rings. The molecule has 0 radical (unpaired) electrons. The maximum Gasteiger partial charge on any atom is 0.226 e. The predicted octanol–water partition coefficient (Wildman–Crippen LogP) is 3.24. The smallest absolute Gasteiger partial charge is 0.226 e. The van der Waals surface area contributed by atoms with Crippen molar-refractivity contribution in [2.75, 3.05) is 0 Å². The van der Waals surface area contributed by atoms with Crippen LogP contribution in [0.15, 0.2) is 42.7 Å². The molecular formula is C15H15Cl2N3O. The van der Waals surface area contributed by atoms with Crippen molar-refractivity contribution in [2.24, 2.45) is 5.92 Å². The predicted molar refractivity (Wildman–Crippen MR) is 82.7 cm³/mol. The van der Waals surface area contributed by atoms with E-state index in [2.05, 4.69) is 10.4 Å². The highest BCUT2D eigenvalue weighted by molar-refractivity contribution is 6.52. The van der Waals surface area contributed by atoms with E-state index >= 15 is 0 Å². The number of carbonyl (C=O) groups excluding carboxylic acids is 1. The molecule has 3 rings (SSSR count). The number of alkyl halides is 2. The van der Waals surface area contributed by atoms with E-state index in [0.29, 0.717) is 6.42 Å². The Morgan fingerprint density at radius 3 is 2.62 bits per heavy atom. The van der Waals surface area contributed by atoms with Crippen LogP contribution in [0.1, 0.15) is 24.9 Å². The molecule has 2 aromatic rings. The van der Waals surface area contributed by atoms with E-state index in [4.69, 9.17) is 23.2 Å². The van der Waals surface area contributed by atoms with Crippen LogP contribution in [0.4, 0.5) is 0 Å². The van der Waals surface area contributed by atoms with Crippen LogP contribution in [0.2, 0.25) is 0 Å². The van der Waals surface area contributed by atoms with Gasteiger partial charge in [-0.2, -0.15) is 5.10 Å². The Balaban J connectivity index is 1.65. The monoisotopic (exact) mass is 323 g/mol. The highest BCUT2D eigenvalue weighted by Crippen LogP contribution is 2.53. The van der Waals surface area contributed by atoms with Crippen molar-refractivity contribution >= 4 is 29.1 Å². The van der Waals surface area contributed by atoms with Gasteiger partial charge in [-0.25, -0.2) is 4.68 Å². The van der Waals surface area contributed by atoms with Gasteiger partial charge in [-0.05, 0) is 37.1 Å². The molecule has 4 nitrogen and oxygen atoms in total. The number of nitrogens with zero attached hydrogens (tertiary/aromatic N) is 2. The third-order valence-electron chi connectivity index (χ3n) is 3.66. The summed E-state index contributed by atoms with van der Waals surface area (Å²) in [7, 11) is 0. The molecule has 0 aliphatic heterocycles. The van der Waals surface area contributed by atoms with Crippen LogP contribution in [0, 0.1) is 5.92 Å². The Morgan fingerprint density at radius 2 is 2.10 bits per heavy atom. The second kappa shape index (κ2) is 5.35. The van der Waals surface area contributed by atoms with Crippen LogP contribution < -0.4 is 5.32 Å². The summed E-state index contributed by atoms with van der Waals surface area (Å²) in [6, 6.07) is 9.67. The number of benzene rings is 1. The highest BCUT2D eigenvalue weighted by atomic mass is 35.5. The van der Waals surface area contributed by atoms with E-state index in [-0.39, 0.29) is 17.9 Å². The van der Waals surface area contributed by atoms with Crippen LogP contribution in [0.25, 0.3) is 5.69 Å². The summed E-state index contributed by atoms with van der Waals surface area (Å²) < 4.78 is 0.903. The van der Waals surface area contributed by atoms with E-state index in [1.807, 2.05) is 43.5 Å². The Labute approximate surface area is 133 Å². The number of amides is 1. The average molecular weight is 324 g/mol. The molecule has 1 aromatic heterocycles. The molecule has 6 heteroatoms. The largest absolute Gasteiger partial charge is 0.349 e. The maximum absolute atomic E-state index is 12.0. The fourth-order valence-electron chi connectivity index (χ4n) is 2.23. The molecule has 0 bridgehead atoms. The molecule has 1 N–H and O–H groups in total. The standard InChI is InChI=1S/C15H15Cl2N3O/c1-10(19-14(21)13-9-15(13,16)17)11-3-5-12(6-4-11)20-8-2-7-18-20/h2-8,10,13H,9H2,1H3,(H,19,21). The summed E-state index contributed by atoms with van der Waals surface area (Å²) in [6.45, 7) is 1.94. The second-order valence-electron chi connectivity index (χ2n) is 5.29. The number of hydrogen-bond acceptors (Lipinski definition) is 2. The average Bonchev–Trinajstić information content (AvgIpc) is 2.90. The van der Waals surface area contributed by atoms with Crippen LogP contribution in [0.5, 0.6) is 0 Å². The summed E-state index contributed by atoms with van der Waals surface area (Å²) >= 11 is 11.8. The number of hydrogen-bond donors (Lipinski definition) is 1. The molecule has 1 aromatic carbocycles. The third-order valence-corrected chi connectivity index (χ3v) is 4.50. The lowest BCUT2D eigenvalue weighted by atomic mass is 10.1. The molecule has 1 aliphatic carbocycles. The van der Waals surface area contributed by atoms with E-state index in [1.54, 1.807) is 10.9 Å². The molecule has 0 saturated heterocycles. The first-order chi connectivity index (χ1) is 9.97. The first-order valence-electron chi connectivity index (χ1n) is 6.75. The lowest BCUT2D eigenvalue weighted by Crippen LogP contribution is -2.29. The molecule has 1 fully saturated rings. The summed E-state index contributed by atoms with van der Waals surface area (Å²) in [6.07, 6.45) is 4.14. The van der Waals surface area contributed by atoms with E-state index in [9.17, 15) is 4.79 Å². The second-order valence-corrected chi connectivity index (χ2v) is 6.83. The molecule has 1 saturated carbocycles.